The van der Waals surface area contributed by atoms with Crippen LogP contribution in [0.25, 0.3) is 0 Å². The van der Waals surface area contributed by atoms with Gasteiger partial charge >= 0.3 is 5.97 Å². The van der Waals surface area contributed by atoms with E-state index < -0.39 is 16.0 Å². The molecule has 0 fully saturated rings. The average molecular weight is 333 g/mol. The van der Waals surface area contributed by atoms with Gasteiger partial charge in [-0.15, -0.1) is 0 Å². The summed E-state index contributed by atoms with van der Waals surface area (Å²) in [5, 5.41) is 0. The number of aryl methyl sites for hydroxylation is 2. The zero-order valence-electron chi connectivity index (χ0n) is 13.5. The van der Waals surface area contributed by atoms with Crippen molar-refractivity contribution in [1.82, 2.24) is 4.31 Å². The van der Waals surface area contributed by atoms with E-state index in [0.717, 1.165) is 9.87 Å². The Kier molecular flexibility index (Phi) is 4.87. The van der Waals surface area contributed by atoms with Crippen LogP contribution in [0.1, 0.15) is 21.5 Å². The van der Waals surface area contributed by atoms with Gasteiger partial charge in [-0.1, -0.05) is 18.2 Å². The van der Waals surface area contributed by atoms with Crippen molar-refractivity contribution in [3.8, 4) is 5.75 Å². The number of rotatable bonds is 4. The first kappa shape index (κ1) is 17.2. The molecule has 23 heavy (non-hydrogen) atoms. The standard InChI is InChI=1S/C17H19NO4S/c1-12-6-5-7-14(10-12)22-17(19)16-11-15(9-8-13(16)2)23(20,21)18(3)4/h5-11H,1-4H3. The summed E-state index contributed by atoms with van der Waals surface area (Å²) in [5.41, 5.74) is 1.85. The molecular formula is C17H19NO4S. The fraction of sp³-hybridized carbons (Fsp3) is 0.235. The number of nitrogens with zero attached hydrogens (tertiary/aromatic N) is 1. The summed E-state index contributed by atoms with van der Waals surface area (Å²) in [6.45, 7) is 3.63. The van der Waals surface area contributed by atoms with Crippen LogP contribution in [0.4, 0.5) is 0 Å². The van der Waals surface area contributed by atoms with Crippen LogP contribution in [-0.2, 0) is 10.0 Å². The number of hydrogen-bond donors (Lipinski definition) is 0. The van der Waals surface area contributed by atoms with Crippen LogP contribution in [0.15, 0.2) is 47.4 Å². The van der Waals surface area contributed by atoms with Crippen molar-refractivity contribution in [3.05, 3.63) is 59.2 Å². The summed E-state index contributed by atoms with van der Waals surface area (Å²) in [6.07, 6.45) is 0. The van der Waals surface area contributed by atoms with Crippen LogP contribution in [-0.4, -0.2) is 32.8 Å². The maximum absolute atomic E-state index is 12.4. The molecule has 2 rings (SSSR count). The van der Waals surface area contributed by atoms with Crippen LogP contribution >= 0.6 is 0 Å². The molecule has 6 heteroatoms. The van der Waals surface area contributed by atoms with Crippen molar-refractivity contribution < 1.29 is 17.9 Å². The summed E-state index contributed by atoms with van der Waals surface area (Å²) in [6, 6.07) is 11.5. The number of hydrogen-bond acceptors (Lipinski definition) is 4. The van der Waals surface area contributed by atoms with Crippen molar-refractivity contribution in [3.63, 3.8) is 0 Å². The lowest BCUT2D eigenvalue weighted by molar-refractivity contribution is 0.0733. The predicted octanol–water partition coefficient (Wildman–Crippen LogP) is 2.77. The number of esters is 1. The van der Waals surface area contributed by atoms with Gasteiger partial charge in [0, 0.05) is 14.1 Å². The highest BCUT2D eigenvalue weighted by atomic mass is 32.2. The second kappa shape index (κ2) is 6.52. The maximum atomic E-state index is 12.4. The van der Waals surface area contributed by atoms with E-state index in [-0.39, 0.29) is 10.5 Å². The average Bonchev–Trinajstić information content (AvgIpc) is 2.47. The van der Waals surface area contributed by atoms with Gasteiger partial charge in [0.05, 0.1) is 10.5 Å². The molecule has 5 nitrogen and oxygen atoms in total. The van der Waals surface area contributed by atoms with E-state index in [9.17, 15) is 13.2 Å². The molecule has 2 aromatic carbocycles. The molecule has 122 valence electrons. The highest BCUT2D eigenvalue weighted by Gasteiger charge is 2.21. The van der Waals surface area contributed by atoms with Crippen molar-refractivity contribution >= 4 is 16.0 Å². The molecule has 0 aliphatic heterocycles. The summed E-state index contributed by atoms with van der Waals surface area (Å²) < 4.78 is 30.8. The SMILES string of the molecule is Cc1cccc(OC(=O)c2cc(S(=O)(=O)N(C)C)ccc2C)c1. The molecule has 0 atom stereocenters. The van der Waals surface area contributed by atoms with E-state index in [4.69, 9.17) is 4.74 Å². The number of ether oxygens (including phenoxy) is 1. The topological polar surface area (TPSA) is 63.7 Å². The molecule has 0 aliphatic rings. The Labute approximate surface area is 136 Å². The van der Waals surface area contributed by atoms with E-state index in [2.05, 4.69) is 0 Å². The van der Waals surface area contributed by atoms with Crippen molar-refractivity contribution in [1.29, 1.82) is 0 Å². The Morgan fingerprint density at radius 1 is 1.04 bits per heavy atom. The molecule has 0 saturated heterocycles. The van der Waals surface area contributed by atoms with Crippen LogP contribution in [0, 0.1) is 13.8 Å². The van der Waals surface area contributed by atoms with Gasteiger partial charge < -0.3 is 4.74 Å². The van der Waals surface area contributed by atoms with Crippen LogP contribution in [0.2, 0.25) is 0 Å². The largest absolute Gasteiger partial charge is 0.423 e. The molecule has 0 aromatic heterocycles. The highest BCUT2D eigenvalue weighted by Crippen LogP contribution is 2.20. The number of carbonyl (C=O) groups is 1. The third-order valence-electron chi connectivity index (χ3n) is 3.41. The molecule has 0 radical (unpaired) electrons. The fourth-order valence-electron chi connectivity index (χ4n) is 2.03. The van der Waals surface area contributed by atoms with Gasteiger partial charge in [-0.05, 0) is 49.2 Å². The lowest BCUT2D eigenvalue weighted by atomic mass is 10.1. The third-order valence-corrected chi connectivity index (χ3v) is 5.22. The Hall–Kier alpha value is -2.18. The van der Waals surface area contributed by atoms with E-state index >= 15 is 0 Å². The van der Waals surface area contributed by atoms with E-state index in [0.29, 0.717) is 11.3 Å². The summed E-state index contributed by atoms with van der Waals surface area (Å²) in [7, 11) is -0.715. The maximum Gasteiger partial charge on any atom is 0.343 e. The van der Waals surface area contributed by atoms with Crippen LogP contribution < -0.4 is 4.74 Å². The fourth-order valence-corrected chi connectivity index (χ4v) is 2.96. The third kappa shape index (κ3) is 3.78. The minimum Gasteiger partial charge on any atom is -0.423 e. The molecule has 0 amide bonds. The Balaban J connectivity index is 2.37. The van der Waals surface area contributed by atoms with Crippen molar-refractivity contribution in [2.24, 2.45) is 0 Å². The molecular weight excluding hydrogens is 314 g/mol. The normalized spacial score (nSPS) is 11.5. The molecule has 0 spiro atoms. The van der Waals surface area contributed by atoms with Gasteiger partial charge in [0.25, 0.3) is 0 Å². The van der Waals surface area contributed by atoms with Crippen LogP contribution in [0.3, 0.4) is 0 Å². The number of carbonyl (C=O) groups excluding carboxylic acids is 1. The first-order valence-corrected chi connectivity index (χ1v) is 8.48. The summed E-state index contributed by atoms with van der Waals surface area (Å²) >= 11 is 0. The molecule has 0 saturated carbocycles. The Morgan fingerprint density at radius 3 is 2.35 bits per heavy atom. The molecule has 2 aromatic rings. The van der Waals surface area contributed by atoms with E-state index in [1.54, 1.807) is 31.2 Å². The number of benzene rings is 2. The first-order chi connectivity index (χ1) is 10.7. The smallest absolute Gasteiger partial charge is 0.343 e. The summed E-state index contributed by atoms with van der Waals surface area (Å²) in [5.74, 6) is -0.154. The zero-order chi connectivity index (χ0) is 17.2. The molecule has 0 bridgehead atoms. The van der Waals surface area contributed by atoms with Gasteiger partial charge in [-0.2, -0.15) is 0 Å². The second-order valence-electron chi connectivity index (χ2n) is 5.47. The van der Waals surface area contributed by atoms with Gasteiger partial charge in [0.15, 0.2) is 0 Å². The molecule has 0 unspecified atom stereocenters. The molecule has 0 heterocycles. The van der Waals surface area contributed by atoms with Crippen molar-refractivity contribution in [2.75, 3.05) is 14.1 Å². The monoisotopic (exact) mass is 333 g/mol. The lowest BCUT2D eigenvalue weighted by Crippen LogP contribution is -2.23. The predicted molar refractivity (Wildman–Crippen MR) is 88.2 cm³/mol. The Bertz CT molecular complexity index is 841. The van der Waals surface area contributed by atoms with E-state index in [1.807, 2.05) is 13.0 Å². The second-order valence-corrected chi connectivity index (χ2v) is 7.62. The molecule has 0 aliphatic carbocycles. The van der Waals surface area contributed by atoms with Gasteiger partial charge in [0.2, 0.25) is 10.0 Å². The van der Waals surface area contributed by atoms with Crippen LogP contribution in [0.5, 0.6) is 5.75 Å². The minimum atomic E-state index is -3.60. The van der Waals surface area contributed by atoms with Crippen molar-refractivity contribution in [2.45, 2.75) is 18.7 Å². The number of sulfonamides is 1. The van der Waals surface area contributed by atoms with E-state index in [1.165, 1.54) is 26.2 Å². The quantitative estimate of drug-likeness (QED) is 0.637. The first-order valence-electron chi connectivity index (χ1n) is 7.04. The lowest BCUT2D eigenvalue weighted by Gasteiger charge is -2.13. The summed E-state index contributed by atoms with van der Waals surface area (Å²) in [4.78, 5) is 12.4. The van der Waals surface area contributed by atoms with Gasteiger partial charge in [0.1, 0.15) is 5.75 Å². The Morgan fingerprint density at radius 2 is 1.74 bits per heavy atom. The van der Waals surface area contributed by atoms with Gasteiger partial charge in [-0.25, -0.2) is 17.5 Å². The molecule has 0 N–H and O–H groups in total. The minimum absolute atomic E-state index is 0.0595. The highest BCUT2D eigenvalue weighted by molar-refractivity contribution is 7.89. The zero-order valence-corrected chi connectivity index (χ0v) is 14.3. The van der Waals surface area contributed by atoms with Gasteiger partial charge in [-0.3, -0.25) is 0 Å².